The summed E-state index contributed by atoms with van der Waals surface area (Å²) in [4.78, 5) is 0. The summed E-state index contributed by atoms with van der Waals surface area (Å²) < 4.78 is 6.87. The van der Waals surface area contributed by atoms with Crippen LogP contribution in [0, 0.1) is 0 Å². The molecule has 0 unspecified atom stereocenters. The van der Waals surface area contributed by atoms with Crippen LogP contribution in [0.3, 0.4) is 0 Å². The SMILES string of the molecule is CCSc1c[n+](-c2ccccc2)no1. The van der Waals surface area contributed by atoms with Crippen LogP contribution in [-0.4, -0.2) is 11.0 Å². The van der Waals surface area contributed by atoms with Gasteiger partial charge in [0, 0.05) is 12.1 Å². The smallest absolute Gasteiger partial charge is 0.263 e. The van der Waals surface area contributed by atoms with Crippen molar-refractivity contribution in [3.8, 4) is 5.69 Å². The van der Waals surface area contributed by atoms with Crippen LogP contribution in [0.25, 0.3) is 5.69 Å². The second-order valence-corrected chi connectivity index (χ2v) is 4.00. The highest BCUT2D eigenvalue weighted by Gasteiger charge is 2.13. The molecule has 0 radical (unpaired) electrons. The molecule has 0 atom stereocenters. The number of nitrogens with zero attached hydrogens (tertiary/aromatic N) is 2. The van der Waals surface area contributed by atoms with Crippen molar-refractivity contribution in [2.24, 2.45) is 0 Å². The summed E-state index contributed by atoms with van der Waals surface area (Å²) in [5.74, 6) is 0.990. The Kier molecular flexibility index (Phi) is 2.84. The van der Waals surface area contributed by atoms with Crippen LogP contribution < -0.4 is 4.68 Å². The van der Waals surface area contributed by atoms with Gasteiger partial charge in [-0.1, -0.05) is 36.9 Å². The molecule has 0 spiro atoms. The van der Waals surface area contributed by atoms with E-state index in [2.05, 4.69) is 12.2 Å². The number of para-hydroxylation sites is 1. The van der Waals surface area contributed by atoms with E-state index in [4.69, 9.17) is 4.52 Å². The second-order valence-electron chi connectivity index (χ2n) is 2.73. The molecule has 4 heteroatoms. The minimum absolute atomic E-state index is 0.844. The summed E-state index contributed by atoms with van der Waals surface area (Å²) in [6, 6.07) is 9.91. The van der Waals surface area contributed by atoms with Crippen molar-refractivity contribution in [1.82, 2.24) is 5.27 Å². The fourth-order valence-electron chi connectivity index (χ4n) is 1.14. The van der Waals surface area contributed by atoms with E-state index < -0.39 is 0 Å². The molecule has 3 nitrogen and oxygen atoms in total. The van der Waals surface area contributed by atoms with E-state index >= 15 is 0 Å². The second kappa shape index (κ2) is 4.28. The highest BCUT2D eigenvalue weighted by atomic mass is 32.2. The Balaban J connectivity index is 2.25. The standard InChI is InChI=1S/C10H11N2OS/c1-2-14-10-8-12(11-13-10)9-6-4-3-5-7-9/h3-8H,2H2,1H3/q+1. The Hall–Kier alpha value is -1.29. The molecule has 0 saturated carbocycles. The molecule has 0 aliphatic rings. The Morgan fingerprint density at radius 2 is 2.14 bits per heavy atom. The van der Waals surface area contributed by atoms with Crippen molar-refractivity contribution in [3.63, 3.8) is 0 Å². The van der Waals surface area contributed by atoms with Gasteiger partial charge in [-0.3, -0.25) is 4.52 Å². The molecule has 0 amide bonds. The summed E-state index contributed by atoms with van der Waals surface area (Å²) in [6.07, 6.45) is 1.89. The summed E-state index contributed by atoms with van der Waals surface area (Å²) in [5, 5.41) is 4.77. The van der Waals surface area contributed by atoms with Gasteiger partial charge in [-0.25, -0.2) is 0 Å². The van der Waals surface area contributed by atoms with Crippen molar-refractivity contribution >= 4 is 11.8 Å². The largest absolute Gasteiger partial charge is 0.293 e. The van der Waals surface area contributed by atoms with Crippen LogP contribution in [-0.2, 0) is 0 Å². The van der Waals surface area contributed by atoms with Gasteiger partial charge in [0.25, 0.3) is 11.3 Å². The van der Waals surface area contributed by atoms with Gasteiger partial charge in [-0.2, -0.15) is 0 Å². The average molecular weight is 207 g/mol. The maximum Gasteiger partial charge on any atom is 0.263 e. The highest BCUT2D eigenvalue weighted by molar-refractivity contribution is 7.99. The Labute approximate surface area is 86.7 Å². The molecule has 0 aliphatic carbocycles. The van der Waals surface area contributed by atoms with Gasteiger partial charge in [0.2, 0.25) is 11.0 Å². The first-order valence-corrected chi connectivity index (χ1v) is 5.45. The fraction of sp³-hybridized carbons (Fsp3) is 0.200. The van der Waals surface area contributed by atoms with Crippen molar-refractivity contribution < 1.29 is 9.20 Å². The molecular formula is C10H11N2OS+. The zero-order chi connectivity index (χ0) is 9.80. The number of thioether (sulfide) groups is 1. The molecule has 14 heavy (non-hydrogen) atoms. The van der Waals surface area contributed by atoms with E-state index in [0.29, 0.717) is 0 Å². The fourth-order valence-corrected chi connectivity index (χ4v) is 1.68. The quantitative estimate of drug-likeness (QED) is 0.570. The van der Waals surface area contributed by atoms with Crippen LogP contribution in [0.1, 0.15) is 6.92 Å². The molecule has 0 saturated heterocycles. The summed E-state index contributed by atoms with van der Waals surface area (Å²) in [5.41, 5.74) is 1.01. The minimum atomic E-state index is 0.844. The monoisotopic (exact) mass is 207 g/mol. The predicted octanol–water partition coefficient (Wildman–Crippen LogP) is 2.06. The number of hydrogen-bond donors (Lipinski definition) is 0. The third-order valence-corrected chi connectivity index (χ3v) is 2.51. The maximum atomic E-state index is 5.14. The highest BCUT2D eigenvalue weighted by Crippen LogP contribution is 2.14. The van der Waals surface area contributed by atoms with Gasteiger partial charge in [0.05, 0.1) is 0 Å². The van der Waals surface area contributed by atoms with Crippen LogP contribution >= 0.6 is 11.8 Å². The molecule has 2 rings (SSSR count). The van der Waals surface area contributed by atoms with E-state index in [9.17, 15) is 0 Å². The molecule has 72 valence electrons. The third kappa shape index (κ3) is 1.96. The van der Waals surface area contributed by atoms with Crippen molar-refractivity contribution in [2.75, 3.05) is 5.75 Å². The van der Waals surface area contributed by atoms with E-state index in [1.165, 1.54) is 0 Å². The number of hydrogen-bond acceptors (Lipinski definition) is 3. The van der Waals surface area contributed by atoms with Crippen LogP contribution in [0.15, 0.2) is 46.1 Å². The molecular weight excluding hydrogens is 196 g/mol. The minimum Gasteiger partial charge on any atom is -0.293 e. The number of benzene rings is 1. The summed E-state index contributed by atoms with van der Waals surface area (Å²) in [7, 11) is 0. The van der Waals surface area contributed by atoms with Gasteiger partial charge in [-0.15, -0.1) is 0 Å². The average Bonchev–Trinajstić information content (AvgIpc) is 2.68. The number of rotatable bonds is 3. The first-order chi connectivity index (χ1) is 6.90. The lowest BCUT2D eigenvalue weighted by Gasteiger charge is -1.83. The lowest BCUT2D eigenvalue weighted by Crippen LogP contribution is -2.31. The number of aromatic nitrogens is 2. The molecule has 1 aromatic carbocycles. The predicted molar refractivity (Wildman–Crippen MR) is 54.4 cm³/mol. The zero-order valence-electron chi connectivity index (χ0n) is 7.88. The van der Waals surface area contributed by atoms with Gasteiger partial charge >= 0.3 is 0 Å². The van der Waals surface area contributed by atoms with E-state index in [0.717, 1.165) is 16.5 Å². The normalized spacial score (nSPS) is 10.4. The van der Waals surface area contributed by atoms with Crippen molar-refractivity contribution in [3.05, 3.63) is 36.5 Å². The molecule has 0 N–H and O–H groups in total. The van der Waals surface area contributed by atoms with E-state index in [-0.39, 0.29) is 0 Å². The molecule has 0 fully saturated rings. The van der Waals surface area contributed by atoms with Gasteiger partial charge in [0.1, 0.15) is 0 Å². The first kappa shape index (κ1) is 9.27. The van der Waals surface area contributed by atoms with Crippen LogP contribution in [0.4, 0.5) is 0 Å². The summed E-state index contributed by atoms with van der Waals surface area (Å²) in [6.45, 7) is 2.08. The van der Waals surface area contributed by atoms with Crippen molar-refractivity contribution in [2.45, 2.75) is 12.0 Å². The Morgan fingerprint density at radius 3 is 2.86 bits per heavy atom. The van der Waals surface area contributed by atoms with Crippen LogP contribution in [0.5, 0.6) is 0 Å². The lowest BCUT2D eigenvalue weighted by molar-refractivity contribution is -0.670. The first-order valence-electron chi connectivity index (χ1n) is 4.47. The third-order valence-electron chi connectivity index (χ3n) is 1.75. The zero-order valence-corrected chi connectivity index (χ0v) is 8.70. The molecule has 0 aliphatic heterocycles. The van der Waals surface area contributed by atoms with Gasteiger partial charge in [0.15, 0.2) is 0 Å². The molecule has 2 aromatic rings. The van der Waals surface area contributed by atoms with Gasteiger partial charge in [-0.05, 0) is 10.4 Å². The van der Waals surface area contributed by atoms with E-state index in [1.54, 1.807) is 16.4 Å². The summed E-state index contributed by atoms with van der Waals surface area (Å²) >= 11 is 1.64. The van der Waals surface area contributed by atoms with Crippen molar-refractivity contribution in [1.29, 1.82) is 0 Å². The molecule has 1 aromatic heterocycles. The van der Waals surface area contributed by atoms with E-state index in [1.807, 2.05) is 36.5 Å². The lowest BCUT2D eigenvalue weighted by atomic mass is 10.3. The molecule has 0 bridgehead atoms. The topological polar surface area (TPSA) is 29.9 Å². The maximum absolute atomic E-state index is 5.14. The Bertz CT molecular complexity index is 400. The van der Waals surface area contributed by atoms with Gasteiger partial charge < -0.3 is 0 Å². The molecule has 1 heterocycles. The van der Waals surface area contributed by atoms with Crippen LogP contribution in [0.2, 0.25) is 0 Å². The Morgan fingerprint density at radius 1 is 1.36 bits per heavy atom.